The van der Waals surface area contributed by atoms with Crippen molar-refractivity contribution < 1.29 is 14.1 Å². The van der Waals surface area contributed by atoms with Gasteiger partial charge in [-0.15, -0.1) is 0 Å². The molecule has 3 rings (SSSR count). The number of halogens is 1. The minimum atomic E-state index is -0.662. The van der Waals surface area contributed by atoms with Gasteiger partial charge in [-0.05, 0) is 23.8 Å². The number of rotatable bonds is 5. The van der Waals surface area contributed by atoms with Crippen molar-refractivity contribution in [3.8, 4) is 0 Å². The summed E-state index contributed by atoms with van der Waals surface area (Å²) >= 11 is 0. The summed E-state index contributed by atoms with van der Waals surface area (Å²) in [5.74, 6) is -0.657. The van der Waals surface area contributed by atoms with Gasteiger partial charge >= 0.3 is 0 Å². The van der Waals surface area contributed by atoms with E-state index in [2.05, 4.69) is 10.6 Å². The fraction of sp³-hybridized carbons (Fsp3) is 0.235. The van der Waals surface area contributed by atoms with Crippen molar-refractivity contribution in [2.45, 2.75) is 6.54 Å². The molecule has 1 amide bonds. The lowest BCUT2D eigenvalue weighted by atomic mass is 10.1. The predicted molar refractivity (Wildman–Crippen MR) is 92.0 cm³/mol. The number of nitro benzene ring substituents is 1. The highest BCUT2D eigenvalue weighted by Gasteiger charge is 2.16. The van der Waals surface area contributed by atoms with E-state index in [0.29, 0.717) is 19.6 Å². The molecule has 0 bridgehead atoms. The third-order valence-corrected chi connectivity index (χ3v) is 3.99. The van der Waals surface area contributed by atoms with Crippen LogP contribution in [0.5, 0.6) is 0 Å². The summed E-state index contributed by atoms with van der Waals surface area (Å²) in [4.78, 5) is 23.4. The summed E-state index contributed by atoms with van der Waals surface area (Å²) in [5.41, 5.74) is 1.82. The van der Waals surface area contributed by atoms with Gasteiger partial charge in [0, 0.05) is 31.4 Å². The molecule has 8 heteroatoms. The molecule has 130 valence electrons. The van der Waals surface area contributed by atoms with Crippen molar-refractivity contribution in [3.05, 3.63) is 64.0 Å². The molecule has 0 atom stereocenters. The van der Waals surface area contributed by atoms with Crippen LogP contribution < -0.4 is 15.5 Å². The Balaban J connectivity index is 1.62. The lowest BCUT2D eigenvalue weighted by molar-refractivity contribution is -0.385. The summed E-state index contributed by atoms with van der Waals surface area (Å²) in [5, 5.41) is 16.3. The van der Waals surface area contributed by atoms with E-state index in [1.807, 2.05) is 29.2 Å². The van der Waals surface area contributed by atoms with Crippen LogP contribution in [-0.2, 0) is 11.3 Å². The summed E-state index contributed by atoms with van der Waals surface area (Å²) in [6, 6.07) is 11.1. The molecule has 0 saturated carbocycles. The van der Waals surface area contributed by atoms with Crippen molar-refractivity contribution in [2.24, 2.45) is 0 Å². The lowest BCUT2D eigenvalue weighted by Crippen LogP contribution is -2.47. The third-order valence-electron chi connectivity index (χ3n) is 3.99. The monoisotopic (exact) mass is 344 g/mol. The molecule has 2 aromatic carbocycles. The number of nitro groups is 1. The maximum absolute atomic E-state index is 13.8. The third kappa shape index (κ3) is 4.03. The first-order valence-corrected chi connectivity index (χ1v) is 7.81. The van der Waals surface area contributed by atoms with Gasteiger partial charge in [0.15, 0.2) is 5.82 Å². The maximum atomic E-state index is 13.8. The van der Waals surface area contributed by atoms with E-state index in [9.17, 15) is 19.3 Å². The van der Waals surface area contributed by atoms with Crippen LogP contribution in [0.4, 0.5) is 21.5 Å². The van der Waals surface area contributed by atoms with Crippen molar-refractivity contribution >= 4 is 23.0 Å². The molecule has 2 N–H and O–H groups in total. The largest absolute Gasteiger partial charge is 0.379 e. The van der Waals surface area contributed by atoms with Gasteiger partial charge in [-0.2, -0.15) is 0 Å². The van der Waals surface area contributed by atoms with Gasteiger partial charge in [0.25, 0.3) is 5.69 Å². The molecule has 1 aliphatic rings. The van der Waals surface area contributed by atoms with E-state index < -0.39 is 10.7 Å². The van der Waals surface area contributed by atoms with Crippen LogP contribution in [0.15, 0.2) is 42.5 Å². The van der Waals surface area contributed by atoms with Crippen molar-refractivity contribution in [1.82, 2.24) is 5.32 Å². The predicted octanol–water partition coefficient (Wildman–Crippen LogP) is 2.28. The van der Waals surface area contributed by atoms with Crippen LogP contribution in [0.25, 0.3) is 0 Å². The zero-order chi connectivity index (χ0) is 17.8. The van der Waals surface area contributed by atoms with Gasteiger partial charge in [-0.25, -0.2) is 4.39 Å². The van der Waals surface area contributed by atoms with E-state index >= 15 is 0 Å². The molecular weight excluding hydrogens is 327 g/mol. The second-order valence-electron chi connectivity index (χ2n) is 5.71. The van der Waals surface area contributed by atoms with E-state index in [1.165, 1.54) is 12.1 Å². The minimum Gasteiger partial charge on any atom is -0.379 e. The molecule has 0 spiro atoms. The number of carbonyl (C=O) groups is 1. The SMILES string of the molecule is O=C1CN(c2ccc(CNc3ccc([N+](=O)[O-])cc3F)cc2)CCN1. The van der Waals surface area contributed by atoms with Gasteiger partial charge in [-0.3, -0.25) is 14.9 Å². The summed E-state index contributed by atoms with van der Waals surface area (Å²) in [6.07, 6.45) is 0. The number of nitrogens with one attached hydrogen (secondary N) is 2. The molecule has 25 heavy (non-hydrogen) atoms. The van der Waals surface area contributed by atoms with Crippen LogP contribution in [0, 0.1) is 15.9 Å². The highest BCUT2D eigenvalue weighted by Crippen LogP contribution is 2.22. The second kappa shape index (κ2) is 7.16. The standard InChI is InChI=1S/C17H17FN4O3/c18-15-9-14(22(24)25)5-6-16(15)20-10-12-1-3-13(4-2-12)21-8-7-19-17(23)11-21/h1-6,9,20H,7-8,10-11H2,(H,19,23). The number of non-ortho nitro benzene ring substituents is 1. The normalized spacial score (nSPS) is 14.1. The number of carbonyl (C=O) groups excluding carboxylic acids is 1. The number of benzene rings is 2. The topological polar surface area (TPSA) is 87.5 Å². The van der Waals surface area contributed by atoms with Crippen molar-refractivity contribution in [3.63, 3.8) is 0 Å². The van der Waals surface area contributed by atoms with Crippen LogP contribution in [0.2, 0.25) is 0 Å². The Morgan fingerprint density at radius 3 is 2.64 bits per heavy atom. The Morgan fingerprint density at radius 2 is 2.00 bits per heavy atom. The number of anilines is 2. The van der Waals surface area contributed by atoms with Crippen molar-refractivity contribution in [1.29, 1.82) is 0 Å². The Hall–Kier alpha value is -3.16. The van der Waals surface area contributed by atoms with E-state index in [-0.39, 0.29) is 17.3 Å². The van der Waals surface area contributed by atoms with Gasteiger partial charge in [-0.1, -0.05) is 12.1 Å². The number of hydrogen-bond donors (Lipinski definition) is 2. The summed E-state index contributed by atoms with van der Waals surface area (Å²) in [7, 11) is 0. The van der Waals surface area contributed by atoms with Gasteiger partial charge in [0.1, 0.15) is 0 Å². The lowest BCUT2D eigenvalue weighted by Gasteiger charge is -2.28. The van der Waals surface area contributed by atoms with E-state index in [1.54, 1.807) is 0 Å². The quantitative estimate of drug-likeness (QED) is 0.642. The van der Waals surface area contributed by atoms with Crippen LogP contribution in [-0.4, -0.2) is 30.5 Å². The molecule has 2 aromatic rings. The molecule has 1 saturated heterocycles. The molecule has 1 fully saturated rings. The molecule has 0 aromatic heterocycles. The first-order chi connectivity index (χ1) is 12.0. The number of amides is 1. The molecular formula is C17H17FN4O3. The minimum absolute atomic E-state index is 0.00522. The highest BCUT2D eigenvalue weighted by molar-refractivity contribution is 5.82. The first kappa shape index (κ1) is 16.7. The fourth-order valence-electron chi connectivity index (χ4n) is 2.64. The smallest absolute Gasteiger partial charge is 0.272 e. The van der Waals surface area contributed by atoms with Crippen LogP contribution in [0.1, 0.15) is 5.56 Å². The fourth-order valence-corrected chi connectivity index (χ4v) is 2.64. The van der Waals surface area contributed by atoms with Gasteiger partial charge in [0.2, 0.25) is 5.91 Å². The molecule has 0 unspecified atom stereocenters. The van der Waals surface area contributed by atoms with E-state index in [0.717, 1.165) is 23.9 Å². The Morgan fingerprint density at radius 1 is 1.24 bits per heavy atom. The Labute approximate surface area is 143 Å². The maximum Gasteiger partial charge on any atom is 0.272 e. The van der Waals surface area contributed by atoms with Gasteiger partial charge in [0.05, 0.1) is 23.2 Å². The molecule has 1 aliphatic heterocycles. The Bertz CT molecular complexity index is 795. The molecule has 7 nitrogen and oxygen atoms in total. The number of hydrogen-bond acceptors (Lipinski definition) is 5. The van der Waals surface area contributed by atoms with Crippen molar-refractivity contribution in [2.75, 3.05) is 29.9 Å². The molecule has 1 heterocycles. The van der Waals surface area contributed by atoms with Crippen LogP contribution in [0.3, 0.4) is 0 Å². The molecule has 0 aliphatic carbocycles. The highest BCUT2D eigenvalue weighted by atomic mass is 19.1. The van der Waals surface area contributed by atoms with Crippen LogP contribution >= 0.6 is 0 Å². The zero-order valence-electron chi connectivity index (χ0n) is 13.4. The second-order valence-corrected chi connectivity index (χ2v) is 5.71. The first-order valence-electron chi connectivity index (χ1n) is 7.81. The number of nitrogens with zero attached hydrogens (tertiary/aromatic N) is 2. The summed E-state index contributed by atoms with van der Waals surface area (Å²) < 4.78 is 13.8. The van der Waals surface area contributed by atoms with Gasteiger partial charge < -0.3 is 15.5 Å². The zero-order valence-corrected chi connectivity index (χ0v) is 13.4. The Kier molecular flexibility index (Phi) is 4.78. The van der Waals surface area contributed by atoms with E-state index in [4.69, 9.17) is 0 Å². The summed E-state index contributed by atoms with van der Waals surface area (Å²) in [6.45, 7) is 2.11. The molecule has 0 radical (unpaired) electrons. The average molecular weight is 344 g/mol. The number of piperazine rings is 1. The average Bonchev–Trinajstić information content (AvgIpc) is 2.61.